The van der Waals surface area contributed by atoms with E-state index in [1.807, 2.05) is 21.1 Å². The van der Waals surface area contributed by atoms with Gasteiger partial charge in [0.1, 0.15) is 6.61 Å². The molecule has 55 heavy (non-hydrogen) atoms. The van der Waals surface area contributed by atoms with Crippen LogP contribution in [0.3, 0.4) is 0 Å². The molecule has 0 aromatic heterocycles. The lowest BCUT2D eigenvalue weighted by atomic mass is 10.0. The molecule has 0 saturated heterocycles. The largest absolute Gasteiger partial charge is 0.477 e. The number of carboxylic acids is 1. The van der Waals surface area contributed by atoms with Crippen molar-refractivity contribution in [1.82, 2.24) is 0 Å². The fraction of sp³-hybridized carbons (Fsp3) is 0.894. The Hall–Kier alpha value is -1.93. The Morgan fingerprint density at radius 2 is 0.909 bits per heavy atom. The van der Waals surface area contributed by atoms with Gasteiger partial charge in [-0.15, -0.1) is 0 Å². The maximum Gasteiger partial charge on any atom is 0.362 e. The Morgan fingerprint density at radius 3 is 1.31 bits per heavy atom. The maximum atomic E-state index is 12.6. The van der Waals surface area contributed by atoms with Crippen molar-refractivity contribution in [3.63, 3.8) is 0 Å². The Bertz CT molecular complexity index is 915. The van der Waals surface area contributed by atoms with Gasteiger partial charge in [0, 0.05) is 19.3 Å². The number of carbonyl (C=O) groups is 3. The van der Waals surface area contributed by atoms with E-state index in [1.165, 1.54) is 148 Å². The minimum Gasteiger partial charge on any atom is -0.477 e. The summed E-state index contributed by atoms with van der Waals surface area (Å²) in [5.41, 5.74) is 0. The molecule has 0 aliphatic rings. The van der Waals surface area contributed by atoms with Crippen molar-refractivity contribution >= 4 is 17.9 Å². The fourth-order valence-electron chi connectivity index (χ4n) is 7.03. The summed E-state index contributed by atoms with van der Waals surface area (Å²) in [6.07, 6.45) is 41.2. The first-order valence-electron chi connectivity index (χ1n) is 23.2. The second-order valence-corrected chi connectivity index (χ2v) is 17.0. The minimum atomic E-state index is -0.873. The number of carboxylic acid groups (broad SMARTS) is 1. The zero-order valence-electron chi connectivity index (χ0n) is 36.9. The van der Waals surface area contributed by atoms with E-state index < -0.39 is 18.1 Å². The smallest absolute Gasteiger partial charge is 0.362 e. The molecule has 1 N–H and O–H groups in total. The number of ether oxygens (including phenoxy) is 3. The van der Waals surface area contributed by atoms with Crippen LogP contribution in [0.1, 0.15) is 219 Å². The Morgan fingerprint density at radius 1 is 0.527 bits per heavy atom. The van der Waals surface area contributed by atoms with E-state index in [1.54, 1.807) is 0 Å². The zero-order valence-corrected chi connectivity index (χ0v) is 36.9. The molecule has 0 heterocycles. The highest BCUT2D eigenvalue weighted by Gasteiger charge is 2.31. The Kier molecular flexibility index (Phi) is 37.6. The van der Waals surface area contributed by atoms with Crippen LogP contribution >= 0.6 is 0 Å². The number of hydrogen-bond acceptors (Lipinski definition) is 6. The average molecular weight is 781 g/mol. The summed E-state index contributed by atoms with van der Waals surface area (Å²) < 4.78 is 17.3. The molecule has 2 unspecified atom stereocenters. The van der Waals surface area contributed by atoms with Crippen molar-refractivity contribution in [3.05, 3.63) is 12.2 Å². The molecule has 0 fully saturated rings. The monoisotopic (exact) mass is 781 g/mol. The molecule has 0 aromatic carbocycles. The number of aliphatic carboxylic acids is 1. The van der Waals surface area contributed by atoms with Crippen LogP contribution in [-0.2, 0) is 28.6 Å². The van der Waals surface area contributed by atoms with Gasteiger partial charge in [-0.1, -0.05) is 174 Å². The Balaban J connectivity index is 4.14. The lowest BCUT2D eigenvalue weighted by molar-refractivity contribution is -0.887. The molecular formula is C47H90NO7+. The highest BCUT2D eigenvalue weighted by molar-refractivity contribution is 5.72. The summed E-state index contributed by atoms with van der Waals surface area (Å²) in [4.78, 5) is 36.9. The molecule has 0 rings (SSSR count). The number of hydrogen-bond donors (Lipinski definition) is 1. The Labute approximate surface area is 339 Å². The van der Waals surface area contributed by atoms with Gasteiger partial charge >= 0.3 is 17.9 Å². The van der Waals surface area contributed by atoms with Gasteiger partial charge in [-0.2, -0.15) is 0 Å². The lowest BCUT2D eigenvalue weighted by Gasteiger charge is -2.31. The predicted molar refractivity (Wildman–Crippen MR) is 229 cm³/mol. The topological polar surface area (TPSA) is 99.1 Å². The van der Waals surface area contributed by atoms with Crippen LogP contribution in [-0.4, -0.2) is 80.6 Å². The third-order valence-electron chi connectivity index (χ3n) is 10.7. The van der Waals surface area contributed by atoms with Crippen LogP contribution in [0.4, 0.5) is 0 Å². The highest BCUT2D eigenvalue weighted by atomic mass is 16.6. The highest BCUT2D eigenvalue weighted by Crippen LogP contribution is 2.15. The van der Waals surface area contributed by atoms with E-state index in [-0.39, 0.29) is 36.2 Å². The van der Waals surface area contributed by atoms with Crippen LogP contribution in [0.15, 0.2) is 12.2 Å². The molecule has 324 valence electrons. The molecular weight excluding hydrogens is 691 g/mol. The van der Waals surface area contributed by atoms with E-state index in [4.69, 9.17) is 14.2 Å². The first kappa shape index (κ1) is 53.1. The van der Waals surface area contributed by atoms with Gasteiger partial charge in [-0.25, -0.2) is 4.79 Å². The maximum absolute atomic E-state index is 12.6. The minimum absolute atomic E-state index is 0.0478. The van der Waals surface area contributed by atoms with Crippen LogP contribution in [0.5, 0.6) is 0 Å². The molecule has 2 atom stereocenters. The number of esters is 2. The van der Waals surface area contributed by atoms with Gasteiger partial charge in [0.05, 0.1) is 34.4 Å². The van der Waals surface area contributed by atoms with E-state index in [9.17, 15) is 19.5 Å². The van der Waals surface area contributed by atoms with Crippen molar-refractivity contribution in [2.75, 3.05) is 41.0 Å². The van der Waals surface area contributed by atoms with Crippen molar-refractivity contribution < 1.29 is 38.2 Å². The third-order valence-corrected chi connectivity index (χ3v) is 10.7. The summed E-state index contributed by atoms with van der Waals surface area (Å²) >= 11 is 0. The normalized spacial score (nSPS) is 13.0. The second-order valence-electron chi connectivity index (χ2n) is 17.0. The van der Waals surface area contributed by atoms with Gasteiger partial charge in [0.25, 0.3) is 0 Å². The van der Waals surface area contributed by atoms with Crippen molar-refractivity contribution in [3.8, 4) is 0 Å². The SMILES string of the molecule is CCCCCCCCCCCCC/C=C/CCCCCCCCCC(=O)OCC(COCCC(C(=O)O)[N+](C)(C)C)OC(=O)CCCCCCCCCCC. The standard InChI is InChI=1S/C47H89NO7/c1-6-8-10-12-14-16-17-18-19-20-21-22-23-24-25-26-27-28-30-31-33-35-37-45(49)54-42-43(41-53-40-39-44(47(51)52)48(3,4)5)55-46(50)38-36-34-32-29-15-13-11-9-7-2/h23-24,43-44H,6-22,25-42H2,1-5H3/p+1/b24-23+. The summed E-state index contributed by atoms with van der Waals surface area (Å²) in [6.45, 7) is 4.74. The van der Waals surface area contributed by atoms with Crippen molar-refractivity contribution in [2.45, 2.75) is 231 Å². The molecule has 0 saturated carbocycles. The fourth-order valence-corrected chi connectivity index (χ4v) is 7.03. The predicted octanol–water partition coefficient (Wildman–Crippen LogP) is 12.7. The van der Waals surface area contributed by atoms with Gasteiger partial charge in [0.15, 0.2) is 12.1 Å². The van der Waals surface area contributed by atoms with Gasteiger partial charge in [-0.05, 0) is 38.5 Å². The summed E-state index contributed by atoms with van der Waals surface area (Å²) in [5, 5.41) is 9.60. The number of unbranched alkanes of at least 4 members (excludes halogenated alkanes) is 26. The molecule has 0 amide bonds. The quantitative estimate of drug-likeness (QED) is 0.0285. The number of rotatable bonds is 42. The number of allylic oxidation sites excluding steroid dienone is 2. The first-order chi connectivity index (χ1) is 26.6. The lowest BCUT2D eigenvalue weighted by Crippen LogP contribution is -2.50. The van der Waals surface area contributed by atoms with Crippen LogP contribution in [0.25, 0.3) is 0 Å². The second kappa shape index (κ2) is 38.9. The number of quaternary nitrogens is 1. The van der Waals surface area contributed by atoms with Crippen LogP contribution < -0.4 is 0 Å². The molecule has 8 heteroatoms. The first-order valence-corrected chi connectivity index (χ1v) is 23.2. The number of carbonyl (C=O) groups excluding carboxylic acids is 2. The molecule has 8 nitrogen and oxygen atoms in total. The molecule has 0 aliphatic carbocycles. The molecule has 0 aliphatic heterocycles. The van der Waals surface area contributed by atoms with E-state index in [2.05, 4.69) is 26.0 Å². The number of likely N-dealkylation sites (N-methyl/N-ethyl adjacent to an activating group) is 1. The molecule has 0 bridgehead atoms. The molecule has 0 aromatic rings. The summed E-state index contributed by atoms with van der Waals surface area (Å²) in [7, 11) is 5.53. The van der Waals surface area contributed by atoms with E-state index in [0.29, 0.717) is 19.3 Å². The average Bonchev–Trinajstić information content (AvgIpc) is 3.14. The molecule has 0 radical (unpaired) electrons. The van der Waals surface area contributed by atoms with Crippen molar-refractivity contribution in [1.29, 1.82) is 0 Å². The van der Waals surface area contributed by atoms with E-state index in [0.717, 1.165) is 38.5 Å². The van der Waals surface area contributed by atoms with Crippen LogP contribution in [0.2, 0.25) is 0 Å². The number of nitrogens with zero attached hydrogens (tertiary/aromatic N) is 1. The molecule has 0 spiro atoms. The summed E-state index contributed by atoms with van der Waals surface area (Å²) in [6, 6.07) is -0.610. The van der Waals surface area contributed by atoms with Gasteiger partial charge < -0.3 is 23.8 Å². The van der Waals surface area contributed by atoms with Crippen LogP contribution in [0, 0.1) is 0 Å². The van der Waals surface area contributed by atoms with E-state index >= 15 is 0 Å². The summed E-state index contributed by atoms with van der Waals surface area (Å²) in [5.74, 6) is -1.46. The van der Waals surface area contributed by atoms with Gasteiger partial charge in [0.2, 0.25) is 0 Å². The van der Waals surface area contributed by atoms with Gasteiger partial charge in [-0.3, -0.25) is 9.59 Å². The zero-order chi connectivity index (χ0) is 40.7. The van der Waals surface area contributed by atoms with Crippen molar-refractivity contribution in [2.24, 2.45) is 0 Å². The third kappa shape index (κ3) is 37.4.